The molecule has 112 valence electrons. The third kappa shape index (κ3) is 2.42. The maximum atomic E-state index is 12.5. The summed E-state index contributed by atoms with van der Waals surface area (Å²) in [6.45, 7) is 2.06. The first-order chi connectivity index (χ1) is 10.2. The summed E-state index contributed by atoms with van der Waals surface area (Å²) in [7, 11) is 0. The van der Waals surface area contributed by atoms with E-state index >= 15 is 0 Å². The lowest BCUT2D eigenvalue weighted by atomic mass is 10.1. The van der Waals surface area contributed by atoms with E-state index in [2.05, 4.69) is 22.0 Å². The molecule has 0 radical (unpaired) electrons. The minimum Gasteiger partial charge on any atom is -0.334 e. The van der Waals surface area contributed by atoms with Crippen LogP contribution in [0.15, 0.2) is 6.07 Å². The van der Waals surface area contributed by atoms with E-state index in [9.17, 15) is 9.59 Å². The Labute approximate surface area is 122 Å². The standard InChI is InChI=1S/C14H19N5O2/c20-13-4-3-11(15-16-13)14(21)18-5-6-19-10(8-18)7-12(17-19)9-1-2-9/h7,9,11,15H,1-6,8H2,(H,16,20). The molecular weight excluding hydrogens is 270 g/mol. The largest absolute Gasteiger partial charge is 0.334 e. The van der Waals surface area contributed by atoms with Crippen molar-refractivity contribution in [2.45, 2.75) is 50.7 Å². The number of hydrogen-bond acceptors (Lipinski definition) is 4. The van der Waals surface area contributed by atoms with Gasteiger partial charge in [-0.05, 0) is 25.3 Å². The summed E-state index contributed by atoms with van der Waals surface area (Å²) < 4.78 is 2.04. The molecule has 1 aromatic rings. The molecule has 3 heterocycles. The molecule has 0 spiro atoms. The number of aromatic nitrogens is 2. The summed E-state index contributed by atoms with van der Waals surface area (Å²) in [4.78, 5) is 25.5. The molecule has 1 saturated heterocycles. The quantitative estimate of drug-likeness (QED) is 0.796. The third-order valence-electron chi connectivity index (χ3n) is 4.47. The van der Waals surface area contributed by atoms with Gasteiger partial charge in [0.1, 0.15) is 6.04 Å². The van der Waals surface area contributed by atoms with Gasteiger partial charge in [0, 0.05) is 18.9 Å². The first-order valence-electron chi connectivity index (χ1n) is 7.60. The Kier molecular flexibility index (Phi) is 2.95. The van der Waals surface area contributed by atoms with Crippen LogP contribution < -0.4 is 10.9 Å². The van der Waals surface area contributed by atoms with Crippen molar-refractivity contribution < 1.29 is 9.59 Å². The van der Waals surface area contributed by atoms with Crippen molar-refractivity contribution in [3.8, 4) is 0 Å². The van der Waals surface area contributed by atoms with Crippen molar-refractivity contribution in [2.24, 2.45) is 0 Å². The summed E-state index contributed by atoms with van der Waals surface area (Å²) in [5.74, 6) is 0.655. The van der Waals surface area contributed by atoms with Gasteiger partial charge in [0.25, 0.3) is 0 Å². The number of fused-ring (bicyclic) bond motifs is 1. The molecule has 3 aliphatic rings. The maximum Gasteiger partial charge on any atom is 0.241 e. The van der Waals surface area contributed by atoms with Crippen molar-refractivity contribution in [1.82, 2.24) is 25.5 Å². The third-order valence-corrected chi connectivity index (χ3v) is 4.47. The van der Waals surface area contributed by atoms with Crippen LogP contribution in [0.1, 0.15) is 43.0 Å². The lowest BCUT2D eigenvalue weighted by Crippen LogP contribution is -2.57. The molecule has 21 heavy (non-hydrogen) atoms. The van der Waals surface area contributed by atoms with Gasteiger partial charge in [-0.25, -0.2) is 5.43 Å². The Hall–Kier alpha value is -1.89. The fraction of sp³-hybridized carbons (Fsp3) is 0.643. The van der Waals surface area contributed by atoms with E-state index in [1.54, 1.807) is 0 Å². The zero-order chi connectivity index (χ0) is 14.4. The van der Waals surface area contributed by atoms with Crippen molar-refractivity contribution in [1.29, 1.82) is 0 Å². The van der Waals surface area contributed by atoms with E-state index in [0.29, 0.717) is 31.8 Å². The van der Waals surface area contributed by atoms with Crippen LogP contribution >= 0.6 is 0 Å². The van der Waals surface area contributed by atoms with Gasteiger partial charge in [-0.1, -0.05) is 0 Å². The van der Waals surface area contributed by atoms with Gasteiger partial charge in [0.15, 0.2) is 0 Å². The first kappa shape index (κ1) is 12.8. The molecule has 1 saturated carbocycles. The minimum absolute atomic E-state index is 0.0511. The molecule has 2 N–H and O–H groups in total. The Morgan fingerprint density at radius 3 is 2.86 bits per heavy atom. The van der Waals surface area contributed by atoms with Crippen LogP contribution in [0.2, 0.25) is 0 Å². The molecule has 4 rings (SSSR count). The van der Waals surface area contributed by atoms with Crippen LogP contribution in [0, 0.1) is 0 Å². The van der Waals surface area contributed by atoms with Crippen molar-refractivity contribution in [3.05, 3.63) is 17.5 Å². The van der Waals surface area contributed by atoms with Crippen molar-refractivity contribution in [3.63, 3.8) is 0 Å². The van der Waals surface area contributed by atoms with Gasteiger partial charge in [-0.3, -0.25) is 19.7 Å². The normalized spacial score (nSPS) is 25.4. The Bertz CT molecular complexity index is 582. The summed E-state index contributed by atoms with van der Waals surface area (Å²) in [6.07, 6.45) is 3.45. The number of amides is 2. The molecule has 1 atom stereocenters. The highest BCUT2D eigenvalue weighted by Gasteiger charge is 2.32. The van der Waals surface area contributed by atoms with Gasteiger partial charge in [0.05, 0.1) is 24.5 Å². The Morgan fingerprint density at radius 1 is 1.29 bits per heavy atom. The molecule has 2 aliphatic heterocycles. The maximum absolute atomic E-state index is 12.5. The SMILES string of the molecule is O=C1CCC(C(=O)N2CCn3nc(C4CC4)cc3C2)NN1. The smallest absolute Gasteiger partial charge is 0.241 e. The van der Waals surface area contributed by atoms with Gasteiger partial charge < -0.3 is 4.90 Å². The number of carbonyl (C=O) groups is 2. The van der Waals surface area contributed by atoms with Crippen molar-refractivity contribution >= 4 is 11.8 Å². The molecule has 7 heteroatoms. The lowest BCUT2D eigenvalue weighted by molar-refractivity contribution is -0.137. The van der Waals surface area contributed by atoms with Crippen LogP contribution in [-0.4, -0.2) is 39.1 Å². The summed E-state index contributed by atoms with van der Waals surface area (Å²) >= 11 is 0. The van der Waals surface area contributed by atoms with Crippen LogP contribution in [0.25, 0.3) is 0 Å². The van der Waals surface area contributed by atoms with Gasteiger partial charge in [0.2, 0.25) is 11.8 Å². The molecule has 1 aromatic heterocycles. The number of hydrazine groups is 1. The van der Waals surface area contributed by atoms with E-state index in [0.717, 1.165) is 12.2 Å². The van der Waals surface area contributed by atoms with Gasteiger partial charge in [-0.2, -0.15) is 5.10 Å². The minimum atomic E-state index is -0.305. The highest BCUT2D eigenvalue weighted by Crippen LogP contribution is 2.39. The van der Waals surface area contributed by atoms with E-state index in [1.165, 1.54) is 18.5 Å². The summed E-state index contributed by atoms with van der Waals surface area (Å²) in [5, 5.41) is 4.64. The monoisotopic (exact) mass is 289 g/mol. The fourth-order valence-corrected chi connectivity index (χ4v) is 3.04. The molecule has 0 bridgehead atoms. The fourth-order valence-electron chi connectivity index (χ4n) is 3.04. The Morgan fingerprint density at radius 2 is 2.14 bits per heavy atom. The predicted octanol–water partition coefficient (Wildman–Crippen LogP) is -0.114. The number of rotatable bonds is 2. The van der Waals surface area contributed by atoms with Crippen LogP contribution in [0.3, 0.4) is 0 Å². The van der Waals surface area contributed by atoms with E-state index in [-0.39, 0.29) is 17.9 Å². The van der Waals surface area contributed by atoms with Crippen LogP contribution in [-0.2, 0) is 22.7 Å². The molecule has 2 amide bonds. The molecule has 2 fully saturated rings. The highest BCUT2D eigenvalue weighted by atomic mass is 16.2. The lowest BCUT2D eigenvalue weighted by Gasteiger charge is -2.32. The zero-order valence-electron chi connectivity index (χ0n) is 11.8. The molecule has 0 aromatic carbocycles. The van der Waals surface area contributed by atoms with E-state index in [1.807, 2.05) is 9.58 Å². The van der Waals surface area contributed by atoms with Gasteiger partial charge in [-0.15, -0.1) is 0 Å². The average Bonchev–Trinajstić information content (AvgIpc) is 3.26. The second kappa shape index (κ2) is 4.84. The van der Waals surface area contributed by atoms with Gasteiger partial charge >= 0.3 is 0 Å². The topological polar surface area (TPSA) is 79.3 Å². The van der Waals surface area contributed by atoms with E-state index in [4.69, 9.17) is 0 Å². The zero-order valence-corrected chi connectivity index (χ0v) is 11.8. The van der Waals surface area contributed by atoms with E-state index < -0.39 is 0 Å². The first-order valence-corrected chi connectivity index (χ1v) is 7.60. The predicted molar refractivity (Wildman–Crippen MR) is 73.9 cm³/mol. The summed E-state index contributed by atoms with van der Waals surface area (Å²) in [5.41, 5.74) is 7.66. The number of nitrogens with zero attached hydrogens (tertiary/aromatic N) is 3. The molecule has 7 nitrogen and oxygen atoms in total. The second-order valence-electron chi connectivity index (χ2n) is 6.10. The average molecular weight is 289 g/mol. The Balaban J connectivity index is 1.44. The highest BCUT2D eigenvalue weighted by molar-refractivity contribution is 5.85. The number of nitrogens with one attached hydrogen (secondary N) is 2. The van der Waals surface area contributed by atoms with Crippen LogP contribution in [0.5, 0.6) is 0 Å². The number of carbonyl (C=O) groups excluding carboxylic acids is 2. The molecule has 1 aliphatic carbocycles. The summed E-state index contributed by atoms with van der Waals surface area (Å²) in [6, 6.07) is 1.84. The number of hydrogen-bond donors (Lipinski definition) is 2. The second-order valence-corrected chi connectivity index (χ2v) is 6.10. The molecular formula is C14H19N5O2. The van der Waals surface area contributed by atoms with Crippen LogP contribution in [0.4, 0.5) is 0 Å². The van der Waals surface area contributed by atoms with Crippen molar-refractivity contribution in [2.75, 3.05) is 6.54 Å². The molecule has 1 unspecified atom stereocenters.